The Morgan fingerprint density at radius 1 is 1.13 bits per heavy atom. The van der Waals surface area contributed by atoms with E-state index >= 15 is 0 Å². The monoisotopic (exact) mass is 311 g/mol. The zero-order valence-electron chi connectivity index (χ0n) is 13.3. The van der Waals surface area contributed by atoms with Crippen LogP contribution in [-0.4, -0.2) is 17.6 Å². The van der Waals surface area contributed by atoms with Crippen LogP contribution < -0.4 is 9.47 Å². The Balaban J connectivity index is 1.66. The summed E-state index contributed by atoms with van der Waals surface area (Å²) in [5.41, 5.74) is 3.28. The summed E-state index contributed by atoms with van der Waals surface area (Å²) in [6.45, 7) is 5.49. The Morgan fingerprint density at radius 3 is 2.61 bits per heavy atom. The van der Waals surface area contributed by atoms with Gasteiger partial charge in [-0.25, -0.2) is 9.78 Å². The Labute approximate surface area is 133 Å². The lowest BCUT2D eigenvalue weighted by molar-refractivity contribution is -0.136. The van der Waals surface area contributed by atoms with E-state index in [0.29, 0.717) is 23.0 Å². The molecule has 0 saturated carbocycles. The van der Waals surface area contributed by atoms with Crippen molar-refractivity contribution in [1.82, 2.24) is 4.98 Å². The second-order valence-corrected chi connectivity index (χ2v) is 5.35. The average Bonchev–Trinajstić information content (AvgIpc) is 2.86. The summed E-state index contributed by atoms with van der Waals surface area (Å²) >= 11 is 0. The molecule has 0 aliphatic carbocycles. The van der Waals surface area contributed by atoms with Crippen molar-refractivity contribution in [3.8, 4) is 11.5 Å². The molecule has 2 aromatic carbocycles. The number of hydrogen-bond donors (Lipinski definition) is 0. The van der Waals surface area contributed by atoms with Crippen molar-refractivity contribution in [2.75, 3.05) is 6.61 Å². The second-order valence-electron chi connectivity index (χ2n) is 5.35. The predicted octanol–water partition coefficient (Wildman–Crippen LogP) is 3.74. The first kappa shape index (κ1) is 15.1. The third-order valence-corrected chi connectivity index (χ3v) is 3.44. The highest BCUT2D eigenvalue weighted by Crippen LogP contribution is 2.23. The van der Waals surface area contributed by atoms with Crippen molar-refractivity contribution in [3.05, 3.63) is 53.4 Å². The molecule has 0 spiro atoms. The van der Waals surface area contributed by atoms with Crippen molar-refractivity contribution < 1.29 is 18.7 Å². The van der Waals surface area contributed by atoms with Gasteiger partial charge in [0.1, 0.15) is 17.0 Å². The number of aromatic nitrogens is 1. The van der Waals surface area contributed by atoms with Gasteiger partial charge in [-0.3, -0.25) is 0 Å². The summed E-state index contributed by atoms with van der Waals surface area (Å²) in [6, 6.07) is 10.9. The quantitative estimate of drug-likeness (QED) is 0.542. The summed E-state index contributed by atoms with van der Waals surface area (Å²) in [5, 5.41) is 0. The highest BCUT2D eigenvalue weighted by molar-refractivity contribution is 5.78. The van der Waals surface area contributed by atoms with E-state index in [1.807, 2.05) is 32.0 Å². The third kappa shape index (κ3) is 3.34. The van der Waals surface area contributed by atoms with Crippen LogP contribution in [0.4, 0.5) is 0 Å². The normalized spacial score (nSPS) is 10.7. The smallest absolute Gasteiger partial charge is 0.349 e. The van der Waals surface area contributed by atoms with Crippen LogP contribution in [-0.2, 0) is 4.79 Å². The number of esters is 1. The molecule has 1 heterocycles. The molecule has 0 radical (unpaired) electrons. The number of ether oxygens (including phenoxy) is 2. The number of carbonyl (C=O) groups is 1. The van der Waals surface area contributed by atoms with E-state index in [9.17, 15) is 4.79 Å². The number of benzene rings is 2. The summed E-state index contributed by atoms with van der Waals surface area (Å²) < 4.78 is 16.3. The molecule has 0 N–H and O–H groups in total. The van der Waals surface area contributed by atoms with Crippen LogP contribution in [0.15, 0.2) is 40.8 Å². The Morgan fingerprint density at radius 2 is 1.87 bits per heavy atom. The first-order valence-electron chi connectivity index (χ1n) is 7.30. The van der Waals surface area contributed by atoms with E-state index in [0.717, 1.165) is 16.6 Å². The number of nitrogens with zero attached hydrogens (tertiary/aromatic N) is 1. The van der Waals surface area contributed by atoms with Gasteiger partial charge in [-0.15, -0.1) is 0 Å². The van der Waals surface area contributed by atoms with Crippen molar-refractivity contribution in [3.63, 3.8) is 0 Å². The zero-order valence-corrected chi connectivity index (χ0v) is 13.3. The van der Waals surface area contributed by atoms with Gasteiger partial charge < -0.3 is 13.9 Å². The number of fused-ring (bicyclic) bond motifs is 1. The summed E-state index contributed by atoms with van der Waals surface area (Å²) in [7, 11) is 0. The lowest BCUT2D eigenvalue weighted by Crippen LogP contribution is -2.18. The molecule has 3 rings (SSSR count). The number of hydrogen-bond acceptors (Lipinski definition) is 5. The van der Waals surface area contributed by atoms with Crippen molar-refractivity contribution in [2.24, 2.45) is 0 Å². The Kier molecular flexibility index (Phi) is 4.02. The van der Waals surface area contributed by atoms with Crippen LogP contribution in [0.5, 0.6) is 11.5 Å². The van der Waals surface area contributed by atoms with Crippen LogP contribution in [0.2, 0.25) is 0 Å². The third-order valence-electron chi connectivity index (χ3n) is 3.44. The molecule has 0 amide bonds. The first-order chi connectivity index (χ1) is 11.0. The van der Waals surface area contributed by atoms with Gasteiger partial charge in [0.05, 0.1) is 0 Å². The van der Waals surface area contributed by atoms with E-state index in [1.165, 1.54) is 0 Å². The molecule has 0 saturated heterocycles. The van der Waals surface area contributed by atoms with E-state index in [4.69, 9.17) is 13.9 Å². The van der Waals surface area contributed by atoms with E-state index in [1.54, 1.807) is 25.1 Å². The van der Waals surface area contributed by atoms with E-state index in [-0.39, 0.29) is 6.61 Å². The summed E-state index contributed by atoms with van der Waals surface area (Å²) in [5.74, 6) is 1.22. The van der Waals surface area contributed by atoms with Crippen LogP contribution in [0.3, 0.4) is 0 Å². The minimum atomic E-state index is -0.469. The molecule has 0 bridgehead atoms. The molecule has 5 heteroatoms. The summed E-state index contributed by atoms with van der Waals surface area (Å²) in [4.78, 5) is 16.2. The number of carbonyl (C=O) groups excluding carboxylic acids is 1. The number of rotatable bonds is 4. The van der Waals surface area contributed by atoms with Crippen LogP contribution in [0.1, 0.15) is 17.0 Å². The van der Waals surface area contributed by atoms with Gasteiger partial charge in [0.15, 0.2) is 18.1 Å². The largest absolute Gasteiger partial charge is 0.481 e. The Bertz CT molecular complexity index is 846. The molecule has 0 fully saturated rings. The molecule has 118 valence electrons. The molecule has 1 aromatic heterocycles. The van der Waals surface area contributed by atoms with Gasteiger partial charge in [0, 0.05) is 13.0 Å². The molecule has 0 unspecified atom stereocenters. The molecule has 0 aliphatic rings. The lowest BCUT2D eigenvalue weighted by Gasteiger charge is -2.11. The zero-order chi connectivity index (χ0) is 16.4. The molecule has 0 aliphatic heterocycles. The lowest BCUT2D eigenvalue weighted by atomic mass is 10.1. The molecule has 23 heavy (non-hydrogen) atoms. The van der Waals surface area contributed by atoms with E-state index < -0.39 is 5.97 Å². The predicted molar refractivity (Wildman–Crippen MR) is 85.8 cm³/mol. The van der Waals surface area contributed by atoms with Crippen LogP contribution in [0, 0.1) is 20.8 Å². The Hall–Kier alpha value is -2.82. The van der Waals surface area contributed by atoms with E-state index in [2.05, 4.69) is 4.98 Å². The maximum absolute atomic E-state index is 12.0. The molecular formula is C18H17NO4. The standard InChI is InChI=1S/C18H17NO4/c1-11-5-4-6-12(2)18(11)21-10-17(20)23-14-7-8-15-16(9-14)22-13(3)19-15/h4-9H,10H2,1-3H3. The van der Waals surface area contributed by atoms with Gasteiger partial charge in [-0.05, 0) is 37.1 Å². The van der Waals surface area contributed by atoms with Gasteiger partial charge in [0.2, 0.25) is 0 Å². The second kappa shape index (κ2) is 6.12. The topological polar surface area (TPSA) is 61.6 Å². The number of para-hydroxylation sites is 1. The molecule has 5 nitrogen and oxygen atoms in total. The maximum atomic E-state index is 12.0. The highest BCUT2D eigenvalue weighted by Gasteiger charge is 2.11. The van der Waals surface area contributed by atoms with Crippen molar-refractivity contribution in [1.29, 1.82) is 0 Å². The molecule has 0 atom stereocenters. The fourth-order valence-corrected chi connectivity index (χ4v) is 2.40. The molecular weight excluding hydrogens is 294 g/mol. The number of oxazole rings is 1. The van der Waals surface area contributed by atoms with Gasteiger partial charge in [0.25, 0.3) is 0 Å². The summed E-state index contributed by atoms with van der Waals surface area (Å²) in [6.07, 6.45) is 0. The minimum Gasteiger partial charge on any atom is -0.481 e. The average molecular weight is 311 g/mol. The fourth-order valence-electron chi connectivity index (χ4n) is 2.40. The van der Waals surface area contributed by atoms with Crippen molar-refractivity contribution in [2.45, 2.75) is 20.8 Å². The fraction of sp³-hybridized carbons (Fsp3) is 0.222. The minimum absolute atomic E-state index is 0.154. The van der Waals surface area contributed by atoms with Crippen molar-refractivity contribution >= 4 is 17.1 Å². The number of aryl methyl sites for hydroxylation is 3. The SMILES string of the molecule is Cc1nc2ccc(OC(=O)COc3c(C)cccc3C)cc2o1. The van der Waals surface area contributed by atoms with Gasteiger partial charge in [-0.2, -0.15) is 0 Å². The van der Waals surface area contributed by atoms with Gasteiger partial charge >= 0.3 is 5.97 Å². The maximum Gasteiger partial charge on any atom is 0.349 e. The first-order valence-corrected chi connectivity index (χ1v) is 7.30. The highest BCUT2D eigenvalue weighted by atomic mass is 16.6. The van der Waals surface area contributed by atoms with Gasteiger partial charge in [-0.1, -0.05) is 18.2 Å². The molecule has 3 aromatic rings. The van der Waals surface area contributed by atoms with Crippen LogP contribution >= 0.6 is 0 Å². The van der Waals surface area contributed by atoms with Crippen LogP contribution in [0.25, 0.3) is 11.1 Å².